The molecule has 2 heterocycles. The van der Waals surface area contributed by atoms with E-state index in [1.165, 1.54) is 11.1 Å². The molecule has 4 aromatic rings. The Kier molecular flexibility index (Phi) is 6.22. The third-order valence-corrected chi connectivity index (χ3v) is 5.78. The number of methoxy groups -OCH3 is 1. The Morgan fingerprint density at radius 1 is 1.03 bits per heavy atom. The van der Waals surface area contributed by atoms with E-state index in [1.807, 2.05) is 23.7 Å². The number of anilines is 3. The topological polar surface area (TPSA) is 76.9 Å². The maximum absolute atomic E-state index is 5.23. The Morgan fingerprint density at radius 2 is 1.79 bits per heavy atom. The largest absolute Gasteiger partial charge is 0.497 e. The quantitative estimate of drug-likeness (QED) is 0.399. The maximum Gasteiger partial charge on any atom is 0.226 e. The van der Waals surface area contributed by atoms with Gasteiger partial charge in [-0.2, -0.15) is 9.97 Å². The first-order valence-corrected chi connectivity index (χ1v) is 11.2. The molecule has 2 aromatic carbocycles. The average molecular weight is 445 g/mol. The molecule has 0 fully saturated rings. The van der Waals surface area contributed by atoms with Crippen molar-refractivity contribution in [2.75, 3.05) is 24.3 Å². The van der Waals surface area contributed by atoms with Gasteiger partial charge in [0.25, 0.3) is 0 Å². The second-order valence-electron chi connectivity index (χ2n) is 9.35. The summed E-state index contributed by atoms with van der Waals surface area (Å²) in [6.45, 7) is 9.47. The van der Waals surface area contributed by atoms with Crippen LogP contribution in [0.3, 0.4) is 0 Å². The highest BCUT2D eigenvalue weighted by molar-refractivity contribution is 5.87. The molecule has 0 aliphatic carbocycles. The number of aryl methyl sites for hydroxylation is 2. The Balaban J connectivity index is 1.58. The Bertz CT molecular complexity index is 1250. The number of hydrogen-bond donors (Lipinski definition) is 2. The van der Waals surface area contributed by atoms with E-state index in [4.69, 9.17) is 9.72 Å². The molecular weight excluding hydrogens is 412 g/mol. The van der Waals surface area contributed by atoms with Crippen molar-refractivity contribution in [1.29, 1.82) is 0 Å². The van der Waals surface area contributed by atoms with Crippen LogP contribution in [0.4, 0.5) is 17.5 Å². The van der Waals surface area contributed by atoms with Crippen LogP contribution in [0.15, 0.2) is 48.8 Å². The normalized spacial score (nSPS) is 11.6. The van der Waals surface area contributed by atoms with Crippen LogP contribution >= 0.6 is 0 Å². The molecule has 7 nitrogen and oxygen atoms in total. The van der Waals surface area contributed by atoms with E-state index in [2.05, 4.69) is 78.6 Å². The van der Waals surface area contributed by atoms with Crippen LogP contribution in [-0.2, 0) is 18.9 Å². The monoisotopic (exact) mass is 444 g/mol. The van der Waals surface area contributed by atoms with Crippen molar-refractivity contribution < 1.29 is 4.74 Å². The van der Waals surface area contributed by atoms with Crippen LogP contribution in [0.2, 0.25) is 0 Å². The van der Waals surface area contributed by atoms with Gasteiger partial charge in [0.05, 0.1) is 13.4 Å². The molecule has 0 amide bonds. The lowest BCUT2D eigenvalue weighted by molar-refractivity contribution is 0.414. The molecule has 4 rings (SSSR count). The molecule has 172 valence electrons. The summed E-state index contributed by atoms with van der Waals surface area (Å²) in [6.07, 6.45) is 2.62. The van der Waals surface area contributed by atoms with Crippen molar-refractivity contribution in [2.45, 2.75) is 39.5 Å². The first-order valence-electron chi connectivity index (χ1n) is 11.2. The second kappa shape index (κ2) is 9.10. The zero-order chi connectivity index (χ0) is 23.6. The standard InChI is InChI=1S/C26H32N6O/c1-17-7-10-19(26(2,3)4)15-21(17)29-24-22-23(28-16-32(22)5)30-25(31-24)27-14-13-18-8-11-20(33-6)12-9-18/h7-12,15-16H,13-14H2,1-6H3,(H2,27,29,30,31). The second-order valence-corrected chi connectivity index (χ2v) is 9.35. The van der Waals surface area contributed by atoms with Gasteiger partial charge in [0, 0.05) is 19.3 Å². The summed E-state index contributed by atoms with van der Waals surface area (Å²) < 4.78 is 7.18. The summed E-state index contributed by atoms with van der Waals surface area (Å²) in [6, 6.07) is 14.6. The van der Waals surface area contributed by atoms with E-state index in [0.29, 0.717) is 18.1 Å². The van der Waals surface area contributed by atoms with Gasteiger partial charge >= 0.3 is 0 Å². The maximum atomic E-state index is 5.23. The van der Waals surface area contributed by atoms with Crippen molar-refractivity contribution >= 4 is 28.6 Å². The minimum atomic E-state index is 0.0613. The van der Waals surface area contributed by atoms with Gasteiger partial charge in [-0.05, 0) is 53.6 Å². The van der Waals surface area contributed by atoms with Gasteiger partial charge in [-0.3, -0.25) is 0 Å². The number of nitrogens with zero attached hydrogens (tertiary/aromatic N) is 4. The fourth-order valence-corrected chi connectivity index (χ4v) is 3.68. The molecule has 0 atom stereocenters. The van der Waals surface area contributed by atoms with E-state index in [1.54, 1.807) is 13.4 Å². The molecule has 0 unspecified atom stereocenters. The molecule has 7 heteroatoms. The highest BCUT2D eigenvalue weighted by Gasteiger charge is 2.17. The fraction of sp³-hybridized carbons (Fsp3) is 0.346. The lowest BCUT2D eigenvalue weighted by Gasteiger charge is -2.21. The van der Waals surface area contributed by atoms with Crippen LogP contribution in [0.1, 0.15) is 37.5 Å². The zero-order valence-electron chi connectivity index (χ0n) is 20.2. The van der Waals surface area contributed by atoms with Crippen molar-refractivity contribution in [2.24, 2.45) is 7.05 Å². The molecule has 33 heavy (non-hydrogen) atoms. The van der Waals surface area contributed by atoms with E-state index in [9.17, 15) is 0 Å². The molecule has 0 spiro atoms. The molecular formula is C26H32N6O. The van der Waals surface area contributed by atoms with E-state index in [-0.39, 0.29) is 5.41 Å². The summed E-state index contributed by atoms with van der Waals surface area (Å²) in [5, 5.41) is 6.91. The van der Waals surface area contributed by atoms with Gasteiger partial charge in [0.2, 0.25) is 5.95 Å². The molecule has 0 aliphatic heterocycles. The Morgan fingerprint density at radius 3 is 2.48 bits per heavy atom. The summed E-state index contributed by atoms with van der Waals surface area (Å²) in [7, 11) is 3.63. The molecule has 0 bridgehead atoms. The van der Waals surface area contributed by atoms with Gasteiger partial charge < -0.3 is 19.9 Å². The predicted octanol–water partition coefficient (Wildman–Crippen LogP) is 5.38. The van der Waals surface area contributed by atoms with Crippen LogP contribution in [0.5, 0.6) is 5.75 Å². The predicted molar refractivity (Wildman–Crippen MR) is 135 cm³/mol. The smallest absolute Gasteiger partial charge is 0.226 e. The minimum absolute atomic E-state index is 0.0613. The number of rotatable bonds is 7. The van der Waals surface area contributed by atoms with Gasteiger partial charge in [0.15, 0.2) is 11.5 Å². The fourth-order valence-electron chi connectivity index (χ4n) is 3.68. The number of hydrogen-bond acceptors (Lipinski definition) is 6. The molecule has 2 N–H and O–H groups in total. The molecule has 0 saturated carbocycles. The molecule has 0 radical (unpaired) electrons. The van der Waals surface area contributed by atoms with Gasteiger partial charge in [0.1, 0.15) is 11.3 Å². The molecule has 2 aromatic heterocycles. The van der Waals surface area contributed by atoms with Crippen molar-refractivity contribution in [3.63, 3.8) is 0 Å². The summed E-state index contributed by atoms with van der Waals surface area (Å²) in [4.78, 5) is 13.9. The SMILES string of the molecule is COc1ccc(CCNc2nc(Nc3cc(C(C)(C)C)ccc3C)c3c(ncn3C)n2)cc1. The van der Waals surface area contributed by atoms with Crippen LogP contribution in [0.25, 0.3) is 11.2 Å². The number of benzene rings is 2. The summed E-state index contributed by atoms with van der Waals surface area (Å²) in [5.41, 5.74) is 6.27. The third-order valence-electron chi connectivity index (χ3n) is 5.78. The van der Waals surface area contributed by atoms with Crippen LogP contribution in [0, 0.1) is 6.92 Å². The summed E-state index contributed by atoms with van der Waals surface area (Å²) >= 11 is 0. The number of aromatic nitrogens is 4. The van der Waals surface area contributed by atoms with Crippen LogP contribution < -0.4 is 15.4 Å². The number of fused-ring (bicyclic) bond motifs is 1. The van der Waals surface area contributed by atoms with Gasteiger partial charge in [-0.25, -0.2) is 4.98 Å². The lowest BCUT2D eigenvalue weighted by atomic mass is 9.86. The third kappa shape index (κ3) is 5.08. The highest BCUT2D eigenvalue weighted by Crippen LogP contribution is 2.30. The minimum Gasteiger partial charge on any atom is -0.497 e. The number of imidazole rings is 1. The molecule has 0 aliphatic rings. The lowest BCUT2D eigenvalue weighted by Crippen LogP contribution is -2.12. The van der Waals surface area contributed by atoms with Crippen molar-refractivity contribution in [3.05, 3.63) is 65.5 Å². The van der Waals surface area contributed by atoms with E-state index >= 15 is 0 Å². The zero-order valence-corrected chi connectivity index (χ0v) is 20.2. The van der Waals surface area contributed by atoms with Crippen molar-refractivity contribution in [1.82, 2.24) is 19.5 Å². The highest BCUT2D eigenvalue weighted by atomic mass is 16.5. The summed E-state index contributed by atoms with van der Waals surface area (Å²) in [5.74, 6) is 2.15. The molecule has 0 saturated heterocycles. The van der Waals surface area contributed by atoms with E-state index < -0.39 is 0 Å². The van der Waals surface area contributed by atoms with Gasteiger partial charge in [-0.15, -0.1) is 0 Å². The van der Waals surface area contributed by atoms with E-state index in [0.717, 1.165) is 34.8 Å². The average Bonchev–Trinajstić information content (AvgIpc) is 3.16. The number of ether oxygens (including phenoxy) is 1. The first-order chi connectivity index (χ1) is 15.7. The Labute approximate surface area is 195 Å². The van der Waals surface area contributed by atoms with Crippen molar-refractivity contribution in [3.8, 4) is 5.75 Å². The number of nitrogens with one attached hydrogen (secondary N) is 2. The van der Waals surface area contributed by atoms with Gasteiger partial charge in [-0.1, -0.05) is 45.0 Å². The first kappa shape index (κ1) is 22.6. The Hall–Kier alpha value is -3.61. The van der Waals surface area contributed by atoms with Crippen LogP contribution in [-0.4, -0.2) is 33.2 Å².